The Morgan fingerprint density at radius 1 is 1.40 bits per heavy atom. The van der Waals surface area contributed by atoms with Gasteiger partial charge in [-0.15, -0.1) is 11.3 Å². The first-order valence-corrected chi connectivity index (χ1v) is 7.68. The second-order valence-corrected chi connectivity index (χ2v) is 6.31. The fourth-order valence-electron chi connectivity index (χ4n) is 2.52. The number of nitrogens with zero attached hydrogens (tertiary/aromatic N) is 1. The molecule has 0 spiro atoms. The van der Waals surface area contributed by atoms with Gasteiger partial charge in [-0.1, -0.05) is 6.07 Å². The lowest BCUT2D eigenvalue weighted by Gasteiger charge is -2.15. The largest absolute Gasteiger partial charge is 0.349 e. The first kappa shape index (κ1) is 13.3. The van der Waals surface area contributed by atoms with Crippen molar-refractivity contribution in [3.63, 3.8) is 0 Å². The number of ketones is 1. The maximum atomic E-state index is 11.8. The number of likely N-dealkylation sites (tertiary alicyclic amines) is 1. The van der Waals surface area contributed by atoms with Crippen molar-refractivity contribution in [2.24, 2.45) is 5.92 Å². The van der Waals surface area contributed by atoms with E-state index < -0.39 is 11.7 Å². The molecule has 2 fully saturated rings. The number of hydrogen-bond donors (Lipinski definition) is 1. The van der Waals surface area contributed by atoms with Gasteiger partial charge in [0.15, 0.2) is 0 Å². The van der Waals surface area contributed by atoms with Crippen molar-refractivity contribution in [3.8, 4) is 0 Å². The number of hydrogen-bond acceptors (Lipinski definition) is 4. The monoisotopic (exact) mass is 292 g/mol. The van der Waals surface area contributed by atoms with Crippen molar-refractivity contribution in [2.45, 2.75) is 25.3 Å². The lowest BCUT2D eigenvalue weighted by molar-refractivity contribution is -0.128. The minimum atomic E-state index is -0.579. The summed E-state index contributed by atoms with van der Waals surface area (Å²) in [6, 6.07) is 3.81. The smallest absolute Gasteiger partial charge is 0.293 e. The topological polar surface area (TPSA) is 66.5 Å². The Labute approximate surface area is 121 Å². The highest BCUT2D eigenvalue weighted by atomic mass is 32.1. The number of nitrogens with one attached hydrogen (secondary N) is 1. The van der Waals surface area contributed by atoms with Crippen LogP contribution < -0.4 is 5.32 Å². The van der Waals surface area contributed by atoms with Crippen molar-refractivity contribution in [2.75, 3.05) is 13.1 Å². The predicted octanol–water partition coefficient (Wildman–Crippen LogP) is 1.06. The number of carbonyl (C=O) groups is 3. The van der Waals surface area contributed by atoms with Crippen molar-refractivity contribution in [1.29, 1.82) is 0 Å². The van der Waals surface area contributed by atoms with E-state index in [-0.39, 0.29) is 11.8 Å². The zero-order chi connectivity index (χ0) is 14.1. The molecular weight excluding hydrogens is 276 g/mol. The average Bonchev–Trinajstić information content (AvgIpc) is 3.00. The van der Waals surface area contributed by atoms with Crippen LogP contribution in [0.15, 0.2) is 17.5 Å². The van der Waals surface area contributed by atoms with Crippen LogP contribution in [0, 0.1) is 5.92 Å². The molecule has 1 atom stereocenters. The Kier molecular flexibility index (Phi) is 3.56. The molecule has 1 aliphatic heterocycles. The van der Waals surface area contributed by atoms with E-state index in [4.69, 9.17) is 0 Å². The summed E-state index contributed by atoms with van der Waals surface area (Å²) in [4.78, 5) is 37.7. The van der Waals surface area contributed by atoms with Crippen LogP contribution >= 0.6 is 11.3 Å². The van der Waals surface area contributed by atoms with E-state index in [0.29, 0.717) is 30.4 Å². The lowest BCUT2D eigenvalue weighted by Crippen LogP contribution is -2.35. The summed E-state index contributed by atoms with van der Waals surface area (Å²) in [6.07, 6.45) is 2.67. The molecule has 5 nitrogen and oxygen atoms in total. The van der Waals surface area contributed by atoms with Gasteiger partial charge in [0, 0.05) is 31.5 Å². The number of rotatable bonds is 5. The van der Waals surface area contributed by atoms with Crippen molar-refractivity contribution < 1.29 is 14.4 Å². The SMILES string of the molecule is O=C(NCC1CC(=O)N(C2CC2)C1)C(=O)c1cccs1. The molecule has 1 saturated carbocycles. The molecule has 2 amide bonds. The highest BCUT2D eigenvalue weighted by molar-refractivity contribution is 7.13. The molecule has 2 heterocycles. The van der Waals surface area contributed by atoms with Crippen molar-refractivity contribution in [3.05, 3.63) is 22.4 Å². The van der Waals surface area contributed by atoms with Crippen LogP contribution in [-0.4, -0.2) is 41.6 Å². The highest BCUT2D eigenvalue weighted by Gasteiger charge is 2.39. The molecular formula is C14H16N2O3S. The van der Waals surface area contributed by atoms with Gasteiger partial charge in [0.1, 0.15) is 0 Å². The van der Waals surface area contributed by atoms with Crippen LogP contribution in [0.4, 0.5) is 0 Å². The zero-order valence-corrected chi connectivity index (χ0v) is 11.8. The highest BCUT2D eigenvalue weighted by Crippen LogP contribution is 2.32. The Hall–Kier alpha value is -1.69. The Bertz CT molecular complexity index is 537. The van der Waals surface area contributed by atoms with E-state index in [1.165, 1.54) is 11.3 Å². The van der Waals surface area contributed by atoms with E-state index in [0.717, 1.165) is 12.8 Å². The Morgan fingerprint density at radius 2 is 2.20 bits per heavy atom. The molecule has 0 radical (unpaired) electrons. The predicted molar refractivity (Wildman–Crippen MR) is 74.5 cm³/mol. The van der Waals surface area contributed by atoms with E-state index in [2.05, 4.69) is 5.32 Å². The third-order valence-electron chi connectivity index (χ3n) is 3.73. The number of amides is 2. The number of thiophene rings is 1. The fourth-order valence-corrected chi connectivity index (χ4v) is 3.18. The number of Topliss-reactive ketones (excluding diaryl/α,β-unsaturated/α-hetero) is 1. The van der Waals surface area contributed by atoms with Gasteiger partial charge in [0.2, 0.25) is 5.91 Å². The summed E-state index contributed by atoms with van der Waals surface area (Å²) in [6.45, 7) is 1.10. The fraction of sp³-hybridized carbons (Fsp3) is 0.500. The normalized spacial score (nSPS) is 22.1. The van der Waals surface area contributed by atoms with Crippen molar-refractivity contribution in [1.82, 2.24) is 10.2 Å². The average molecular weight is 292 g/mol. The minimum Gasteiger partial charge on any atom is -0.349 e. The van der Waals surface area contributed by atoms with E-state index >= 15 is 0 Å². The minimum absolute atomic E-state index is 0.128. The third kappa shape index (κ3) is 2.75. The van der Waals surface area contributed by atoms with Gasteiger partial charge in [-0.2, -0.15) is 0 Å². The van der Waals surface area contributed by atoms with E-state index in [1.807, 2.05) is 4.90 Å². The van der Waals surface area contributed by atoms with E-state index in [1.54, 1.807) is 17.5 Å². The van der Waals surface area contributed by atoms with Crippen LogP contribution in [0.3, 0.4) is 0 Å². The van der Waals surface area contributed by atoms with Crippen molar-refractivity contribution >= 4 is 28.9 Å². The van der Waals surface area contributed by atoms with Gasteiger partial charge in [0.05, 0.1) is 4.88 Å². The van der Waals surface area contributed by atoms with Gasteiger partial charge in [-0.05, 0) is 24.3 Å². The second kappa shape index (κ2) is 5.36. The molecule has 1 saturated heterocycles. The van der Waals surface area contributed by atoms with Gasteiger partial charge in [-0.25, -0.2) is 0 Å². The second-order valence-electron chi connectivity index (χ2n) is 5.36. The van der Waals surface area contributed by atoms with Gasteiger partial charge >= 0.3 is 0 Å². The summed E-state index contributed by atoms with van der Waals surface area (Å²) < 4.78 is 0. The van der Waals surface area contributed by atoms with Gasteiger partial charge in [-0.3, -0.25) is 14.4 Å². The molecule has 106 valence electrons. The van der Waals surface area contributed by atoms with Crippen LogP contribution in [-0.2, 0) is 9.59 Å². The lowest BCUT2D eigenvalue weighted by atomic mass is 10.1. The maximum Gasteiger partial charge on any atom is 0.293 e. The molecule has 6 heteroatoms. The molecule has 20 heavy (non-hydrogen) atoms. The Morgan fingerprint density at radius 3 is 2.85 bits per heavy atom. The third-order valence-corrected chi connectivity index (χ3v) is 4.60. The molecule has 1 aromatic rings. The summed E-state index contributed by atoms with van der Waals surface area (Å²) in [5.41, 5.74) is 0. The summed E-state index contributed by atoms with van der Waals surface area (Å²) in [7, 11) is 0. The summed E-state index contributed by atoms with van der Waals surface area (Å²) >= 11 is 1.26. The quantitative estimate of drug-likeness (QED) is 0.652. The Balaban J connectivity index is 1.49. The molecule has 0 aromatic carbocycles. The standard InChI is InChI=1S/C14H16N2O3S/c17-12-6-9(8-16(12)10-3-4-10)7-15-14(19)13(18)11-2-1-5-20-11/h1-2,5,9-10H,3-4,6-8H2,(H,15,19). The first-order chi connectivity index (χ1) is 9.65. The first-order valence-electron chi connectivity index (χ1n) is 6.80. The molecule has 2 aliphatic rings. The molecule has 1 unspecified atom stereocenters. The summed E-state index contributed by atoms with van der Waals surface area (Å²) in [5, 5.41) is 4.42. The zero-order valence-electron chi connectivity index (χ0n) is 11.0. The molecule has 0 bridgehead atoms. The van der Waals surface area contributed by atoms with E-state index in [9.17, 15) is 14.4 Å². The molecule has 1 N–H and O–H groups in total. The van der Waals surface area contributed by atoms with Crippen LogP contribution in [0.1, 0.15) is 28.9 Å². The maximum absolute atomic E-state index is 11.8. The van der Waals surface area contributed by atoms with Gasteiger partial charge in [0.25, 0.3) is 11.7 Å². The van der Waals surface area contributed by atoms with Crippen LogP contribution in [0.2, 0.25) is 0 Å². The van der Waals surface area contributed by atoms with Crippen LogP contribution in [0.5, 0.6) is 0 Å². The molecule has 3 rings (SSSR count). The summed E-state index contributed by atoms with van der Waals surface area (Å²) in [5.74, 6) is -0.771. The van der Waals surface area contributed by atoms with Crippen LogP contribution in [0.25, 0.3) is 0 Å². The van der Waals surface area contributed by atoms with Gasteiger partial charge < -0.3 is 10.2 Å². The number of carbonyl (C=O) groups excluding carboxylic acids is 3. The molecule has 1 aromatic heterocycles. The molecule has 1 aliphatic carbocycles.